The second-order valence-electron chi connectivity index (χ2n) is 8.61. The van der Waals surface area contributed by atoms with Crippen LogP contribution in [0.2, 0.25) is 0 Å². The van der Waals surface area contributed by atoms with Crippen LogP contribution >= 0.6 is 11.3 Å². The van der Waals surface area contributed by atoms with E-state index in [4.69, 9.17) is 14.2 Å². The molecule has 0 aliphatic carbocycles. The Bertz CT molecular complexity index is 1500. The van der Waals surface area contributed by atoms with E-state index in [-0.39, 0.29) is 24.9 Å². The van der Waals surface area contributed by atoms with E-state index in [2.05, 4.69) is 5.32 Å². The molecule has 2 N–H and O–H groups in total. The number of anilines is 2. The van der Waals surface area contributed by atoms with E-state index >= 15 is 0 Å². The number of para-hydroxylation sites is 1. The Labute approximate surface area is 223 Å². The van der Waals surface area contributed by atoms with Crippen LogP contribution in [-0.4, -0.2) is 56.0 Å². The van der Waals surface area contributed by atoms with Crippen molar-refractivity contribution < 1.29 is 28.9 Å². The van der Waals surface area contributed by atoms with E-state index in [1.54, 1.807) is 43.4 Å². The lowest BCUT2D eigenvalue weighted by atomic mass is 10.1. The van der Waals surface area contributed by atoms with Gasteiger partial charge in [-0.1, -0.05) is 36.4 Å². The summed E-state index contributed by atoms with van der Waals surface area (Å²) in [6, 6.07) is 20.0. The van der Waals surface area contributed by atoms with Crippen molar-refractivity contribution in [3.63, 3.8) is 0 Å². The van der Waals surface area contributed by atoms with Gasteiger partial charge in [0.2, 0.25) is 12.3 Å². The van der Waals surface area contributed by atoms with Gasteiger partial charge in [-0.2, -0.15) is 0 Å². The summed E-state index contributed by atoms with van der Waals surface area (Å²) in [5, 5.41) is 15.2. The molecule has 3 aromatic carbocycles. The van der Waals surface area contributed by atoms with Crippen molar-refractivity contribution in [3.05, 3.63) is 77.2 Å². The number of hydrogen-bond donors (Lipinski definition) is 2. The van der Waals surface area contributed by atoms with Gasteiger partial charge >= 0.3 is 0 Å². The van der Waals surface area contributed by atoms with E-state index in [0.29, 0.717) is 33.5 Å². The summed E-state index contributed by atoms with van der Waals surface area (Å²) in [7, 11) is 4.61. The van der Waals surface area contributed by atoms with E-state index in [1.165, 1.54) is 23.3 Å². The number of carbonyl (C=O) groups is 2. The number of aliphatic hydroxyl groups excluding tert-OH is 1. The molecule has 1 aliphatic heterocycles. The molecule has 1 unspecified atom stereocenters. The van der Waals surface area contributed by atoms with Crippen molar-refractivity contribution in [2.45, 2.75) is 12.9 Å². The van der Waals surface area contributed by atoms with Crippen molar-refractivity contribution in [2.24, 2.45) is 0 Å². The smallest absolute Gasteiger partial charge is 0.269 e. The average molecular weight is 534 g/mol. The lowest BCUT2D eigenvalue weighted by Gasteiger charge is -2.41. The molecule has 9 nitrogen and oxygen atoms in total. The van der Waals surface area contributed by atoms with Gasteiger partial charge in [-0.25, -0.2) is 0 Å². The van der Waals surface area contributed by atoms with Gasteiger partial charge in [0.15, 0.2) is 0 Å². The Hall–Kier alpha value is -4.28. The molecule has 1 atom stereocenters. The highest BCUT2D eigenvalue weighted by molar-refractivity contribution is 7.21. The first-order valence-corrected chi connectivity index (χ1v) is 12.7. The first kappa shape index (κ1) is 25.4. The minimum atomic E-state index is -1.39. The number of thiophene rings is 1. The number of nitrogens with one attached hydrogen (secondary N) is 1. The second kappa shape index (κ2) is 10.6. The largest absolute Gasteiger partial charge is 0.497 e. The van der Waals surface area contributed by atoms with E-state index in [0.717, 1.165) is 15.6 Å². The maximum atomic E-state index is 13.6. The fourth-order valence-corrected chi connectivity index (χ4v) is 5.73. The molecule has 0 saturated heterocycles. The van der Waals surface area contributed by atoms with E-state index in [9.17, 15) is 14.7 Å². The number of nitrogens with zero attached hydrogens (tertiary/aromatic N) is 2. The predicted molar refractivity (Wildman–Crippen MR) is 146 cm³/mol. The van der Waals surface area contributed by atoms with Gasteiger partial charge in [-0.05, 0) is 24.3 Å². The number of aliphatic hydroxyl groups is 1. The Balaban J connectivity index is 1.50. The first-order chi connectivity index (χ1) is 18.4. The first-order valence-electron chi connectivity index (χ1n) is 11.9. The minimum absolute atomic E-state index is 0.0993. The van der Waals surface area contributed by atoms with Crippen LogP contribution < -0.4 is 24.4 Å². The minimum Gasteiger partial charge on any atom is -0.497 e. The third-order valence-electron chi connectivity index (χ3n) is 6.40. The van der Waals surface area contributed by atoms with Gasteiger partial charge in [0, 0.05) is 21.7 Å². The monoisotopic (exact) mass is 533 g/mol. The normalized spacial score (nSPS) is 14.8. The molecule has 0 fully saturated rings. The molecule has 2 amide bonds. The second-order valence-corrected chi connectivity index (χ2v) is 9.66. The van der Waals surface area contributed by atoms with Gasteiger partial charge in [0.25, 0.3) is 5.91 Å². The number of carbonyl (C=O) groups excluding carboxylic acids is 2. The molecule has 0 bridgehead atoms. The molecule has 2 heterocycles. The Kier molecular flexibility index (Phi) is 7.08. The summed E-state index contributed by atoms with van der Waals surface area (Å²) in [4.78, 5) is 30.3. The summed E-state index contributed by atoms with van der Waals surface area (Å²) in [5.41, 5.74) is 1.73. The van der Waals surface area contributed by atoms with Crippen molar-refractivity contribution in [3.8, 4) is 17.2 Å². The number of benzene rings is 3. The quantitative estimate of drug-likeness (QED) is 0.348. The molecule has 38 heavy (non-hydrogen) atoms. The molecule has 0 spiro atoms. The highest BCUT2D eigenvalue weighted by Crippen LogP contribution is 2.43. The van der Waals surface area contributed by atoms with Crippen LogP contribution in [0.15, 0.2) is 66.7 Å². The van der Waals surface area contributed by atoms with Crippen molar-refractivity contribution in [1.29, 1.82) is 0 Å². The van der Waals surface area contributed by atoms with Gasteiger partial charge in [0.05, 0.1) is 39.2 Å². The van der Waals surface area contributed by atoms with Gasteiger partial charge in [-0.3, -0.25) is 14.5 Å². The molecule has 1 aliphatic rings. The standard InChI is InChI=1S/C28H27N3O6S/c1-35-18-12-13-20(22(14-18)37-3)29-24(32)16-30-25-19-9-5-7-11-23(19)38-26(25)27(33)31(28(30)34)15-17-8-4-6-10-21(17)36-2/h4-14,28,34H,15-16H2,1-3H3,(H,29,32). The lowest BCUT2D eigenvalue weighted by molar-refractivity contribution is -0.115. The molecule has 0 saturated carbocycles. The molecule has 10 heteroatoms. The summed E-state index contributed by atoms with van der Waals surface area (Å²) in [5.74, 6) is 0.927. The van der Waals surface area contributed by atoms with Crippen LogP contribution in [0.3, 0.4) is 0 Å². The topological polar surface area (TPSA) is 101 Å². The van der Waals surface area contributed by atoms with Crippen molar-refractivity contribution in [1.82, 2.24) is 4.90 Å². The number of hydrogen-bond acceptors (Lipinski definition) is 8. The van der Waals surface area contributed by atoms with Gasteiger partial charge in [0.1, 0.15) is 28.7 Å². The molecule has 1 aromatic heterocycles. The molecule has 196 valence electrons. The zero-order chi connectivity index (χ0) is 26.8. The highest BCUT2D eigenvalue weighted by atomic mass is 32.1. The maximum absolute atomic E-state index is 13.6. The average Bonchev–Trinajstić information content (AvgIpc) is 3.33. The number of rotatable bonds is 8. The predicted octanol–water partition coefficient (Wildman–Crippen LogP) is 4.30. The highest BCUT2D eigenvalue weighted by Gasteiger charge is 2.40. The van der Waals surface area contributed by atoms with Crippen LogP contribution in [-0.2, 0) is 11.3 Å². The van der Waals surface area contributed by atoms with Crippen LogP contribution in [0.1, 0.15) is 15.2 Å². The molecular formula is C28H27N3O6S. The number of fused-ring (bicyclic) bond motifs is 3. The van der Waals surface area contributed by atoms with Crippen LogP contribution in [0.25, 0.3) is 10.1 Å². The fraction of sp³-hybridized carbons (Fsp3) is 0.214. The Morgan fingerprint density at radius 1 is 0.947 bits per heavy atom. The molecule has 0 radical (unpaired) electrons. The molecule has 5 rings (SSSR count). The number of ether oxygens (including phenoxy) is 3. The lowest BCUT2D eigenvalue weighted by Crippen LogP contribution is -2.56. The number of amides is 2. The fourth-order valence-electron chi connectivity index (χ4n) is 4.56. The van der Waals surface area contributed by atoms with E-state index < -0.39 is 6.35 Å². The van der Waals surface area contributed by atoms with Gasteiger partial charge < -0.3 is 29.5 Å². The zero-order valence-electron chi connectivity index (χ0n) is 21.1. The summed E-state index contributed by atoms with van der Waals surface area (Å²) >= 11 is 1.34. The Morgan fingerprint density at radius 3 is 2.45 bits per heavy atom. The van der Waals surface area contributed by atoms with E-state index in [1.807, 2.05) is 42.5 Å². The molecule has 4 aromatic rings. The van der Waals surface area contributed by atoms with Crippen LogP contribution in [0.5, 0.6) is 17.2 Å². The SMILES string of the molecule is COc1ccc(NC(=O)CN2c3c(sc4ccccc34)C(=O)N(Cc3ccccc3OC)C2O)c(OC)c1. The third-order valence-corrected chi connectivity index (χ3v) is 7.55. The zero-order valence-corrected chi connectivity index (χ0v) is 22.0. The van der Waals surface area contributed by atoms with Crippen molar-refractivity contribution in [2.75, 3.05) is 38.1 Å². The molecular weight excluding hydrogens is 506 g/mol. The van der Waals surface area contributed by atoms with Crippen molar-refractivity contribution >= 4 is 44.6 Å². The number of methoxy groups -OCH3 is 3. The summed E-state index contributed by atoms with van der Waals surface area (Å²) < 4.78 is 17.0. The summed E-state index contributed by atoms with van der Waals surface area (Å²) in [6.07, 6.45) is -1.39. The van der Waals surface area contributed by atoms with Crippen LogP contribution in [0.4, 0.5) is 11.4 Å². The summed E-state index contributed by atoms with van der Waals surface area (Å²) in [6.45, 7) is -0.109. The Morgan fingerprint density at radius 2 is 1.68 bits per heavy atom. The third kappa shape index (κ3) is 4.59. The van der Waals surface area contributed by atoms with Gasteiger partial charge in [-0.15, -0.1) is 11.3 Å². The van der Waals surface area contributed by atoms with Crippen LogP contribution in [0, 0.1) is 0 Å². The maximum Gasteiger partial charge on any atom is 0.269 e.